The molecular formula is C13H9ClFN3O2S. The van der Waals surface area contributed by atoms with Crippen LogP contribution in [0.3, 0.4) is 0 Å². The van der Waals surface area contributed by atoms with Gasteiger partial charge in [0.25, 0.3) is 5.69 Å². The third-order valence-electron chi connectivity index (χ3n) is 2.52. The first-order chi connectivity index (χ1) is 9.97. The number of hydrogen-bond acceptors (Lipinski definition) is 3. The Morgan fingerprint density at radius 2 is 1.95 bits per heavy atom. The Morgan fingerprint density at radius 3 is 2.62 bits per heavy atom. The van der Waals surface area contributed by atoms with Crippen molar-refractivity contribution in [3.63, 3.8) is 0 Å². The van der Waals surface area contributed by atoms with E-state index in [1.807, 2.05) is 0 Å². The van der Waals surface area contributed by atoms with Crippen LogP contribution < -0.4 is 10.6 Å². The lowest BCUT2D eigenvalue weighted by Crippen LogP contribution is -2.19. The number of nitro groups is 1. The van der Waals surface area contributed by atoms with Crippen LogP contribution in [-0.4, -0.2) is 10.0 Å². The van der Waals surface area contributed by atoms with E-state index < -0.39 is 10.7 Å². The number of nitrogens with zero attached hydrogens (tertiary/aromatic N) is 1. The molecule has 0 radical (unpaired) electrons. The van der Waals surface area contributed by atoms with E-state index in [9.17, 15) is 14.5 Å². The van der Waals surface area contributed by atoms with E-state index in [2.05, 4.69) is 10.6 Å². The molecular weight excluding hydrogens is 317 g/mol. The van der Waals surface area contributed by atoms with E-state index in [0.29, 0.717) is 5.69 Å². The monoisotopic (exact) mass is 325 g/mol. The van der Waals surface area contributed by atoms with Gasteiger partial charge in [0, 0.05) is 11.8 Å². The van der Waals surface area contributed by atoms with Gasteiger partial charge in [-0.3, -0.25) is 10.1 Å². The fraction of sp³-hybridized carbons (Fsp3) is 0. The highest BCUT2D eigenvalue weighted by Gasteiger charge is 2.13. The minimum Gasteiger partial charge on any atom is -0.332 e. The number of nitrogens with one attached hydrogen (secondary N) is 2. The van der Waals surface area contributed by atoms with E-state index >= 15 is 0 Å². The predicted molar refractivity (Wildman–Crippen MR) is 84.3 cm³/mol. The summed E-state index contributed by atoms with van der Waals surface area (Å²) in [6.45, 7) is 0. The van der Waals surface area contributed by atoms with Gasteiger partial charge in [-0.15, -0.1) is 0 Å². The van der Waals surface area contributed by atoms with Crippen LogP contribution in [0.5, 0.6) is 0 Å². The normalized spacial score (nSPS) is 10.0. The largest absolute Gasteiger partial charge is 0.332 e. The number of halogens is 2. The van der Waals surface area contributed by atoms with Crippen LogP contribution in [0.1, 0.15) is 0 Å². The Hall–Kier alpha value is -2.25. The Balaban J connectivity index is 2.12. The number of rotatable bonds is 3. The zero-order valence-corrected chi connectivity index (χ0v) is 12.0. The molecule has 2 aromatic carbocycles. The maximum Gasteiger partial charge on any atom is 0.289 e. The highest BCUT2D eigenvalue weighted by molar-refractivity contribution is 7.80. The van der Waals surface area contributed by atoms with E-state index in [0.717, 1.165) is 0 Å². The minimum atomic E-state index is -0.596. The van der Waals surface area contributed by atoms with Crippen molar-refractivity contribution in [3.05, 3.63) is 63.4 Å². The Morgan fingerprint density at radius 1 is 1.24 bits per heavy atom. The van der Waals surface area contributed by atoms with Crippen LogP contribution in [0.4, 0.5) is 21.5 Å². The molecule has 0 aliphatic heterocycles. The maximum atomic E-state index is 13.5. The van der Waals surface area contributed by atoms with Crippen molar-refractivity contribution in [1.29, 1.82) is 0 Å². The number of hydrogen-bond donors (Lipinski definition) is 2. The number of nitro benzene ring substituents is 1. The number of benzene rings is 2. The predicted octanol–water partition coefficient (Wildman–Crippen LogP) is 4.20. The summed E-state index contributed by atoms with van der Waals surface area (Å²) in [5, 5.41) is 16.3. The standard InChI is InChI=1S/C13H9ClFN3O2S/c14-9-6-5-8(7-12(9)18(19)20)16-13(21)17-11-4-2-1-3-10(11)15/h1-7H,(H2,16,17,21). The van der Waals surface area contributed by atoms with Gasteiger partial charge in [-0.2, -0.15) is 0 Å². The Kier molecular flexibility index (Phi) is 4.66. The summed E-state index contributed by atoms with van der Waals surface area (Å²) < 4.78 is 13.5. The van der Waals surface area contributed by atoms with Gasteiger partial charge in [0.1, 0.15) is 10.8 Å². The molecule has 0 unspecified atom stereocenters. The molecule has 8 heteroatoms. The molecule has 0 atom stereocenters. The lowest BCUT2D eigenvalue weighted by molar-refractivity contribution is -0.384. The van der Waals surface area contributed by atoms with Gasteiger partial charge in [-0.1, -0.05) is 23.7 Å². The van der Waals surface area contributed by atoms with Crippen molar-refractivity contribution < 1.29 is 9.31 Å². The van der Waals surface area contributed by atoms with Gasteiger partial charge >= 0.3 is 0 Å². The molecule has 0 aliphatic rings. The van der Waals surface area contributed by atoms with Gasteiger partial charge < -0.3 is 10.6 Å². The topological polar surface area (TPSA) is 67.2 Å². The summed E-state index contributed by atoms with van der Waals surface area (Å²) in [6, 6.07) is 10.2. The number of anilines is 2. The molecule has 0 saturated carbocycles. The van der Waals surface area contributed by atoms with Crippen LogP contribution in [0, 0.1) is 15.9 Å². The zero-order chi connectivity index (χ0) is 15.4. The molecule has 108 valence electrons. The summed E-state index contributed by atoms with van der Waals surface area (Å²) in [5.74, 6) is -0.455. The quantitative estimate of drug-likeness (QED) is 0.503. The van der Waals surface area contributed by atoms with Crippen LogP contribution in [0.25, 0.3) is 0 Å². The Labute approximate surface area is 129 Å². The van der Waals surface area contributed by atoms with Gasteiger partial charge in [0.05, 0.1) is 10.6 Å². The molecule has 2 N–H and O–H groups in total. The second-order valence-electron chi connectivity index (χ2n) is 3.98. The zero-order valence-electron chi connectivity index (χ0n) is 10.5. The Bertz CT molecular complexity index is 712. The third-order valence-corrected chi connectivity index (χ3v) is 3.05. The van der Waals surface area contributed by atoms with Gasteiger partial charge in [-0.25, -0.2) is 4.39 Å². The fourth-order valence-electron chi connectivity index (χ4n) is 1.58. The average Bonchev–Trinajstić information content (AvgIpc) is 2.43. The molecule has 0 spiro atoms. The number of thiocarbonyl (C=S) groups is 1. The fourth-order valence-corrected chi connectivity index (χ4v) is 1.99. The molecule has 0 saturated heterocycles. The highest BCUT2D eigenvalue weighted by atomic mass is 35.5. The smallest absolute Gasteiger partial charge is 0.289 e. The number of para-hydroxylation sites is 1. The van der Waals surface area contributed by atoms with Crippen molar-refractivity contribution in [3.8, 4) is 0 Å². The van der Waals surface area contributed by atoms with E-state index in [4.69, 9.17) is 23.8 Å². The molecule has 0 aliphatic carbocycles. The van der Waals surface area contributed by atoms with Crippen LogP contribution in [0.15, 0.2) is 42.5 Å². The van der Waals surface area contributed by atoms with Crippen molar-refractivity contribution >= 4 is 46.0 Å². The highest BCUT2D eigenvalue weighted by Crippen LogP contribution is 2.27. The molecule has 21 heavy (non-hydrogen) atoms. The summed E-state index contributed by atoms with van der Waals surface area (Å²) in [6.07, 6.45) is 0. The van der Waals surface area contributed by atoms with Crippen molar-refractivity contribution in [2.24, 2.45) is 0 Å². The summed E-state index contributed by atoms with van der Waals surface area (Å²) in [4.78, 5) is 10.2. The van der Waals surface area contributed by atoms with Crippen LogP contribution >= 0.6 is 23.8 Å². The molecule has 2 rings (SSSR count). The molecule has 0 aromatic heterocycles. The first-order valence-electron chi connectivity index (χ1n) is 5.74. The summed E-state index contributed by atoms with van der Waals surface area (Å²) >= 11 is 10.7. The lowest BCUT2D eigenvalue weighted by Gasteiger charge is -2.11. The van der Waals surface area contributed by atoms with Crippen molar-refractivity contribution in [1.82, 2.24) is 0 Å². The van der Waals surface area contributed by atoms with Crippen molar-refractivity contribution in [2.75, 3.05) is 10.6 Å². The summed E-state index contributed by atoms with van der Waals surface area (Å²) in [5.41, 5.74) is 0.341. The minimum absolute atomic E-state index is 0.0264. The maximum absolute atomic E-state index is 13.5. The van der Waals surface area contributed by atoms with Crippen LogP contribution in [0.2, 0.25) is 5.02 Å². The molecule has 2 aromatic rings. The first-order valence-corrected chi connectivity index (χ1v) is 6.52. The van der Waals surface area contributed by atoms with E-state index in [-0.39, 0.29) is 21.5 Å². The lowest BCUT2D eigenvalue weighted by atomic mass is 10.3. The second-order valence-corrected chi connectivity index (χ2v) is 4.80. The van der Waals surface area contributed by atoms with E-state index in [1.165, 1.54) is 30.3 Å². The third kappa shape index (κ3) is 3.87. The van der Waals surface area contributed by atoms with Gasteiger partial charge in [-0.05, 0) is 36.5 Å². The van der Waals surface area contributed by atoms with Gasteiger partial charge in [0.2, 0.25) is 0 Å². The summed E-state index contributed by atoms with van der Waals surface area (Å²) in [7, 11) is 0. The molecule has 0 heterocycles. The van der Waals surface area contributed by atoms with Crippen LogP contribution in [-0.2, 0) is 0 Å². The SMILES string of the molecule is O=[N+]([O-])c1cc(NC(=S)Nc2ccccc2F)ccc1Cl. The molecule has 0 amide bonds. The first kappa shape index (κ1) is 15.1. The molecule has 5 nitrogen and oxygen atoms in total. The van der Waals surface area contributed by atoms with Gasteiger partial charge in [0.15, 0.2) is 5.11 Å². The van der Waals surface area contributed by atoms with Crippen molar-refractivity contribution in [2.45, 2.75) is 0 Å². The van der Waals surface area contributed by atoms with E-state index in [1.54, 1.807) is 12.1 Å². The molecule has 0 fully saturated rings. The molecule has 0 bridgehead atoms. The average molecular weight is 326 g/mol. The second kappa shape index (κ2) is 6.47.